The highest BCUT2D eigenvalue weighted by molar-refractivity contribution is 5.94. The number of unbranched alkanes of at least 4 members (excludes halogenated alkanes) is 3. The molecule has 11 heteroatoms. The number of benzene rings is 1. The van der Waals surface area contributed by atoms with Crippen LogP contribution in [0, 0.1) is 10.1 Å². The molecule has 0 aliphatic rings. The summed E-state index contributed by atoms with van der Waals surface area (Å²) in [6, 6.07) is 2.46. The molecule has 6 N–H and O–H groups in total. The minimum absolute atomic E-state index is 0.270. The Morgan fingerprint density at radius 1 is 0.889 bits per heavy atom. The second-order valence-electron chi connectivity index (χ2n) is 5.40. The molecule has 1 rings (SSSR count). The zero-order chi connectivity index (χ0) is 22.4. The van der Waals surface area contributed by atoms with Crippen LogP contribution in [-0.4, -0.2) is 38.9 Å². The van der Waals surface area contributed by atoms with Crippen molar-refractivity contribution in [3.05, 3.63) is 39.4 Å². The maximum Gasteiger partial charge on any atom is 0.335 e. The topological polar surface area (TPSA) is 204 Å². The molecule has 0 spiro atoms. The molecule has 0 aliphatic heterocycles. The zero-order valence-electron chi connectivity index (χ0n) is 16.3. The molecule has 0 bridgehead atoms. The first kappa shape index (κ1) is 19.8. The number of primary amides is 2. The Labute approximate surface area is 157 Å². The van der Waals surface area contributed by atoms with E-state index >= 15 is 0 Å². The number of nitrogens with two attached hydrogens (primary N) is 2. The van der Waals surface area contributed by atoms with Crippen LogP contribution in [0.15, 0.2) is 18.2 Å². The van der Waals surface area contributed by atoms with E-state index in [0.717, 1.165) is 43.9 Å². The van der Waals surface area contributed by atoms with Gasteiger partial charge in [0, 0.05) is 25.0 Å². The minimum Gasteiger partial charge on any atom is -0.478 e. The van der Waals surface area contributed by atoms with Crippen molar-refractivity contribution < 1.29 is 37.1 Å². The van der Waals surface area contributed by atoms with E-state index in [2.05, 4.69) is 0 Å². The Morgan fingerprint density at radius 3 is 1.59 bits per heavy atom. The fraction of sp³-hybridized carbons (Fsp3) is 0.375. The lowest BCUT2D eigenvalue weighted by Gasteiger charge is -1.98. The first-order chi connectivity index (χ1) is 13.6. The molecular weight excluding hydrogens is 362 g/mol. The van der Waals surface area contributed by atoms with Crippen molar-refractivity contribution >= 4 is 29.4 Å². The van der Waals surface area contributed by atoms with Gasteiger partial charge >= 0.3 is 11.9 Å². The van der Waals surface area contributed by atoms with Gasteiger partial charge in [0.1, 0.15) is 0 Å². The van der Waals surface area contributed by atoms with Crippen molar-refractivity contribution in [1.82, 2.24) is 0 Å². The quantitative estimate of drug-likeness (QED) is 0.261. The van der Waals surface area contributed by atoms with Crippen molar-refractivity contribution in [2.24, 2.45) is 11.5 Å². The molecule has 27 heavy (non-hydrogen) atoms. The number of nitrogens with zero attached hydrogens (tertiary/aromatic N) is 1. The van der Waals surface area contributed by atoms with E-state index in [-0.39, 0.29) is 11.8 Å². The minimum atomic E-state index is -1.42. The number of carboxylic acids is 2. The number of rotatable bonds is 10. The van der Waals surface area contributed by atoms with Gasteiger partial charge in [-0.15, -0.1) is 0 Å². The molecule has 0 aliphatic carbocycles. The third-order valence-corrected chi connectivity index (χ3v) is 3.18. The summed E-state index contributed by atoms with van der Waals surface area (Å²) in [5.74, 6) is -3.37. The van der Waals surface area contributed by atoms with E-state index < -0.39 is 33.7 Å². The third-order valence-electron chi connectivity index (χ3n) is 3.18. The van der Waals surface area contributed by atoms with Crippen LogP contribution < -0.4 is 11.5 Å². The lowest BCUT2D eigenvalue weighted by atomic mass is 10.1. The SMILES string of the molecule is O=C(O)c1cc(C(=O)O)cc([N+](=O)[O-])c1.[3H]NC(=O)CCCCCCC(=O)N[3H]. The molecule has 0 saturated heterocycles. The van der Waals surface area contributed by atoms with Crippen LogP contribution in [0.5, 0.6) is 0 Å². The Balaban J connectivity index is 0.000000543. The van der Waals surface area contributed by atoms with Gasteiger partial charge < -0.3 is 21.7 Å². The molecule has 2 amide bonds. The standard InChI is InChI=1S/C8H16N2O2.C8H5NO6/c9-7(11)5-3-1-2-4-6-8(10)12;10-7(11)4-1-5(8(12)13)3-6(2-4)9(14)15/h1-6H2,(H2,9,11)(H2,10,12);1-3H,(H,10,11)(H,12,13)/i/hT2. The summed E-state index contributed by atoms with van der Waals surface area (Å²) in [5.41, 5.74) is 2.19. The number of carbonyl (C=O) groups excluding carboxylic acids is 2. The molecule has 11 nitrogen and oxygen atoms in total. The molecule has 0 unspecified atom stereocenters. The van der Waals surface area contributed by atoms with Crippen LogP contribution in [0.4, 0.5) is 5.69 Å². The molecule has 1 aromatic rings. The second-order valence-corrected chi connectivity index (χ2v) is 5.40. The first-order valence-electron chi connectivity index (χ1n) is 8.79. The fourth-order valence-corrected chi connectivity index (χ4v) is 1.89. The predicted octanol–water partition coefficient (Wildman–Crippen LogP) is 1.29. The van der Waals surface area contributed by atoms with Crippen LogP contribution in [0.2, 0.25) is 2.82 Å². The summed E-state index contributed by atoms with van der Waals surface area (Å²) in [6.45, 7) is 0. The highest BCUT2D eigenvalue weighted by Crippen LogP contribution is 2.17. The Kier molecular flexibility index (Phi) is 8.77. The van der Waals surface area contributed by atoms with E-state index in [1.54, 1.807) is 11.5 Å². The number of non-ortho nitro benzene ring substituents is 1. The predicted molar refractivity (Wildman–Crippen MR) is 93.1 cm³/mol. The van der Waals surface area contributed by atoms with Crippen LogP contribution in [0.1, 0.15) is 59.2 Å². The van der Waals surface area contributed by atoms with Crippen LogP contribution in [0.25, 0.3) is 0 Å². The Morgan fingerprint density at radius 2 is 1.30 bits per heavy atom. The van der Waals surface area contributed by atoms with Crippen molar-refractivity contribution in [2.45, 2.75) is 38.5 Å². The van der Waals surface area contributed by atoms with Crippen molar-refractivity contribution in [1.29, 1.82) is 0 Å². The van der Waals surface area contributed by atoms with E-state index in [1.807, 2.05) is 0 Å². The van der Waals surface area contributed by atoms with Gasteiger partial charge in [0.15, 0.2) is 2.82 Å². The summed E-state index contributed by atoms with van der Waals surface area (Å²) >= 11 is 0. The molecule has 0 heterocycles. The Bertz CT molecular complexity index is 659. The fourth-order valence-electron chi connectivity index (χ4n) is 1.89. The number of hydrogen-bond donors (Lipinski definition) is 4. The van der Waals surface area contributed by atoms with Crippen molar-refractivity contribution in [2.75, 3.05) is 0 Å². The van der Waals surface area contributed by atoms with E-state index in [9.17, 15) is 29.3 Å². The number of carbonyl (C=O) groups is 4. The zero-order valence-corrected chi connectivity index (χ0v) is 14.3. The molecule has 1 aromatic carbocycles. The van der Waals surface area contributed by atoms with Gasteiger partial charge in [0.25, 0.3) is 5.69 Å². The highest BCUT2D eigenvalue weighted by atomic mass is 16.6. The number of hydrogen-bond acceptors (Lipinski definition) is 6. The summed E-state index contributed by atoms with van der Waals surface area (Å²) in [5, 5.41) is 27.5. The van der Waals surface area contributed by atoms with E-state index in [0.29, 0.717) is 12.8 Å². The smallest absolute Gasteiger partial charge is 0.335 e. The molecule has 0 atom stereocenters. The molecule has 0 saturated carbocycles. The van der Waals surface area contributed by atoms with Gasteiger partial charge in [0.05, 0.1) is 16.1 Å². The van der Waals surface area contributed by atoms with E-state index in [4.69, 9.17) is 13.0 Å². The largest absolute Gasteiger partial charge is 0.478 e. The van der Waals surface area contributed by atoms with Gasteiger partial charge in [-0.05, 0) is 18.9 Å². The number of aromatic carboxylic acids is 2. The summed E-state index contributed by atoms with van der Waals surface area (Å²) in [7, 11) is 0. The number of amides is 2. The highest BCUT2D eigenvalue weighted by Gasteiger charge is 2.16. The van der Waals surface area contributed by atoms with Crippen LogP contribution >= 0.6 is 0 Å². The summed E-state index contributed by atoms with van der Waals surface area (Å²) in [4.78, 5) is 51.8. The van der Waals surface area contributed by atoms with Gasteiger partial charge in [0.2, 0.25) is 11.8 Å². The molecular formula is C16H21N3O8. The monoisotopic (exact) mass is 387 g/mol. The third kappa shape index (κ3) is 10.9. The lowest BCUT2D eigenvalue weighted by Crippen LogP contribution is -2.10. The average molecular weight is 387 g/mol. The van der Waals surface area contributed by atoms with Gasteiger partial charge in [-0.2, -0.15) is 0 Å². The molecule has 0 fully saturated rings. The molecule has 0 aromatic heterocycles. The van der Waals surface area contributed by atoms with Crippen molar-refractivity contribution in [3.63, 3.8) is 0 Å². The summed E-state index contributed by atoms with van der Waals surface area (Å²) < 4.78 is 13.1. The molecule has 148 valence electrons. The van der Waals surface area contributed by atoms with Gasteiger partial charge in [-0.1, -0.05) is 12.8 Å². The van der Waals surface area contributed by atoms with Gasteiger partial charge in [-0.3, -0.25) is 19.7 Å². The number of nitro benzene ring substituents is 1. The average Bonchev–Trinajstić information content (AvgIpc) is 2.69. The second kappa shape index (κ2) is 12.0. The van der Waals surface area contributed by atoms with Crippen LogP contribution in [0.3, 0.4) is 0 Å². The van der Waals surface area contributed by atoms with Gasteiger partial charge in [-0.25, -0.2) is 9.59 Å². The molecule has 0 radical (unpaired) electrons. The van der Waals surface area contributed by atoms with E-state index in [1.165, 1.54) is 0 Å². The van der Waals surface area contributed by atoms with Crippen LogP contribution in [-0.2, 0) is 9.59 Å². The summed E-state index contributed by atoms with van der Waals surface area (Å²) in [6.07, 6.45) is 3.97. The first-order valence-corrected chi connectivity index (χ1v) is 7.79. The maximum absolute atomic E-state index is 10.6. The Hall–Kier alpha value is -3.50. The maximum atomic E-state index is 10.6. The number of nitro groups is 1. The van der Waals surface area contributed by atoms with Crippen molar-refractivity contribution in [3.8, 4) is 0 Å². The number of carboxylic acid groups (broad SMARTS) is 2. The normalized spacial score (nSPS) is 10.4. The lowest BCUT2D eigenvalue weighted by molar-refractivity contribution is -0.384.